The molecule has 164 valence electrons. The summed E-state index contributed by atoms with van der Waals surface area (Å²) in [6.07, 6.45) is 6.19. The second-order valence-electron chi connectivity index (χ2n) is 7.80. The molecule has 0 amide bonds. The third-order valence-corrected chi connectivity index (χ3v) is 5.73. The van der Waals surface area contributed by atoms with Crippen LogP contribution in [0.1, 0.15) is 19.2 Å². The summed E-state index contributed by atoms with van der Waals surface area (Å²) in [6.45, 7) is 6.46. The van der Waals surface area contributed by atoms with E-state index in [-0.39, 0.29) is 6.04 Å². The first-order valence-electron chi connectivity index (χ1n) is 10.8. The summed E-state index contributed by atoms with van der Waals surface area (Å²) < 4.78 is 2.07. The lowest BCUT2D eigenvalue weighted by Gasteiger charge is -2.18. The lowest BCUT2D eigenvalue weighted by atomic mass is 10.2. The molecule has 0 aliphatic carbocycles. The van der Waals surface area contributed by atoms with Crippen LogP contribution in [0.5, 0.6) is 0 Å². The van der Waals surface area contributed by atoms with E-state index in [2.05, 4.69) is 51.9 Å². The van der Waals surface area contributed by atoms with Gasteiger partial charge in [0.15, 0.2) is 17.0 Å². The minimum Gasteiger partial charge on any atom is -0.373 e. The number of imidazole rings is 1. The third kappa shape index (κ3) is 3.68. The Morgan fingerprint density at radius 1 is 1.09 bits per heavy atom. The molecule has 0 bridgehead atoms. The predicted octanol–water partition coefficient (Wildman–Crippen LogP) is 2.74. The summed E-state index contributed by atoms with van der Waals surface area (Å²) in [7, 11) is 1.88. The Hall–Kier alpha value is -3.82. The van der Waals surface area contributed by atoms with Gasteiger partial charge in [0.1, 0.15) is 29.6 Å². The van der Waals surface area contributed by atoms with Crippen molar-refractivity contribution in [2.75, 3.05) is 35.7 Å². The number of anilines is 3. The van der Waals surface area contributed by atoms with E-state index in [9.17, 15) is 0 Å². The van der Waals surface area contributed by atoms with E-state index in [4.69, 9.17) is 4.98 Å². The normalized spacial score (nSPS) is 16.0. The first kappa shape index (κ1) is 20.1. The molecule has 32 heavy (non-hydrogen) atoms. The van der Waals surface area contributed by atoms with Gasteiger partial charge in [0.05, 0.1) is 5.56 Å². The molecule has 2 N–H and O–H groups in total. The zero-order chi connectivity index (χ0) is 22.1. The van der Waals surface area contributed by atoms with Crippen LogP contribution in [0.2, 0.25) is 0 Å². The van der Waals surface area contributed by atoms with Crippen LogP contribution in [0.15, 0.2) is 36.9 Å². The minimum atomic E-state index is 0.242. The van der Waals surface area contributed by atoms with Gasteiger partial charge in [-0.25, -0.2) is 29.9 Å². The Balaban J connectivity index is 1.42. The van der Waals surface area contributed by atoms with Gasteiger partial charge in [-0.05, 0) is 32.4 Å². The first-order valence-corrected chi connectivity index (χ1v) is 10.8. The average Bonchev–Trinajstić information content (AvgIpc) is 3.45. The van der Waals surface area contributed by atoms with Crippen molar-refractivity contribution in [1.29, 1.82) is 0 Å². The molecular weight excluding hydrogens is 404 g/mol. The molecule has 0 saturated carbocycles. The second-order valence-corrected chi connectivity index (χ2v) is 7.80. The monoisotopic (exact) mass is 430 g/mol. The molecule has 5 heterocycles. The maximum absolute atomic E-state index is 4.89. The van der Waals surface area contributed by atoms with Crippen molar-refractivity contribution in [3.8, 4) is 11.4 Å². The van der Waals surface area contributed by atoms with Gasteiger partial charge in [0.25, 0.3) is 0 Å². The van der Waals surface area contributed by atoms with Crippen LogP contribution in [-0.4, -0.2) is 60.6 Å². The van der Waals surface area contributed by atoms with Crippen LogP contribution < -0.4 is 15.5 Å². The van der Waals surface area contributed by atoms with Crippen molar-refractivity contribution >= 4 is 28.6 Å². The molecule has 1 aliphatic heterocycles. The highest BCUT2D eigenvalue weighted by molar-refractivity contribution is 5.86. The molecular formula is C22H26N10. The molecule has 10 nitrogen and oxygen atoms in total. The van der Waals surface area contributed by atoms with Crippen LogP contribution in [0.25, 0.3) is 22.6 Å². The molecule has 0 radical (unpaired) electrons. The number of hydrogen-bond donors (Lipinski definition) is 2. The van der Waals surface area contributed by atoms with Gasteiger partial charge >= 0.3 is 0 Å². The van der Waals surface area contributed by atoms with Gasteiger partial charge < -0.3 is 20.1 Å². The Bertz CT molecular complexity index is 1230. The summed E-state index contributed by atoms with van der Waals surface area (Å²) in [5.41, 5.74) is 2.43. The van der Waals surface area contributed by atoms with Crippen molar-refractivity contribution in [3.05, 3.63) is 42.7 Å². The molecule has 10 heteroatoms. The highest BCUT2D eigenvalue weighted by atomic mass is 15.3. The van der Waals surface area contributed by atoms with Gasteiger partial charge in [0, 0.05) is 45.1 Å². The molecule has 5 rings (SSSR count). The molecule has 0 spiro atoms. The van der Waals surface area contributed by atoms with Gasteiger partial charge in [-0.3, -0.25) is 0 Å². The molecule has 1 saturated heterocycles. The Kier molecular flexibility index (Phi) is 5.26. The summed E-state index contributed by atoms with van der Waals surface area (Å²) in [5.74, 6) is 4.13. The molecule has 1 aliphatic rings. The van der Waals surface area contributed by atoms with Crippen LogP contribution in [0, 0.1) is 6.92 Å². The zero-order valence-corrected chi connectivity index (χ0v) is 18.4. The Labute approximate surface area is 186 Å². The van der Waals surface area contributed by atoms with Crippen molar-refractivity contribution < 1.29 is 0 Å². The van der Waals surface area contributed by atoms with Crippen LogP contribution in [0.4, 0.5) is 17.5 Å². The molecule has 1 unspecified atom stereocenters. The van der Waals surface area contributed by atoms with E-state index < -0.39 is 0 Å². The standard InChI is InChI=1S/C22H26N10/c1-4-32-21(15-10-24-14(2)25-11-15)30-19-20(26-13-27-22(19)32)28-16-8-9-31(12-16)18-7-5-6-17(23-3)29-18/h5-7,10-11,13,16H,4,8-9,12H2,1-3H3,(H,23,29)(H,26,27,28). The van der Waals surface area contributed by atoms with Crippen LogP contribution in [0.3, 0.4) is 0 Å². The SMILES string of the molecule is CCn1c(-c2cnc(C)nc2)nc2c(NC3CCN(c4cccc(NC)n4)C3)ncnc21. The zero-order valence-electron chi connectivity index (χ0n) is 18.4. The highest BCUT2D eigenvalue weighted by Gasteiger charge is 2.25. The number of aromatic nitrogens is 7. The molecule has 1 atom stereocenters. The van der Waals surface area contributed by atoms with Crippen LogP contribution in [-0.2, 0) is 6.54 Å². The number of hydrogen-bond acceptors (Lipinski definition) is 9. The number of fused-ring (bicyclic) bond motifs is 1. The molecule has 4 aromatic heterocycles. The van der Waals surface area contributed by atoms with Crippen molar-refractivity contribution in [3.63, 3.8) is 0 Å². The quantitative estimate of drug-likeness (QED) is 0.477. The van der Waals surface area contributed by atoms with Gasteiger partial charge in [-0.15, -0.1) is 0 Å². The first-order chi connectivity index (χ1) is 15.7. The highest BCUT2D eigenvalue weighted by Crippen LogP contribution is 2.28. The van der Waals surface area contributed by atoms with E-state index in [0.717, 1.165) is 71.9 Å². The Morgan fingerprint density at radius 3 is 2.72 bits per heavy atom. The average molecular weight is 431 g/mol. The van der Waals surface area contributed by atoms with Crippen molar-refractivity contribution in [2.45, 2.75) is 32.9 Å². The number of rotatable bonds is 6. The fourth-order valence-corrected chi connectivity index (χ4v) is 4.09. The molecule has 4 aromatic rings. The van der Waals surface area contributed by atoms with E-state index in [1.54, 1.807) is 18.7 Å². The Morgan fingerprint density at radius 2 is 1.94 bits per heavy atom. The fraction of sp³-hybridized carbons (Fsp3) is 0.364. The van der Waals surface area contributed by atoms with E-state index >= 15 is 0 Å². The van der Waals surface area contributed by atoms with Crippen molar-refractivity contribution in [2.24, 2.45) is 0 Å². The summed E-state index contributed by atoms with van der Waals surface area (Å²) in [5, 5.41) is 6.70. The molecule has 1 fully saturated rings. The predicted molar refractivity (Wildman–Crippen MR) is 125 cm³/mol. The summed E-state index contributed by atoms with van der Waals surface area (Å²) >= 11 is 0. The molecule has 0 aromatic carbocycles. The number of nitrogens with one attached hydrogen (secondary N) is 2. The van der Waals surface area contributed by atoms with E-state index in [1.807, 2.05) is 32.2 Å². The summed E-state index contributed by atoms with van der Waals surface area (Å²) in [6, 6.07) is 6.28. The van der Waals surface area contributed by atoms with E-state index in [1.165, 1.54) is 0 Å². The lowest BCUT2D eigenvalue weighted by molar-refractivity contribution is 0.783. The van der Waals surface area contributed by atoms with E-state index in [0.29, 0.717) is 0 Å². The van der Waals surface area contributed by atoms with Crippen molar-refractivity contribution in [1.82, 2.24) is 34.5 Å². The minimum absolute atomic E-state index is 0.242. The largest absolute Gasteiger partial charge is 0.373 e. The topological polar surface area (TPSA) is 110 Å². The van der Waals surface area contributed by atoms with Crippen LogP contribution >= 0.6 is 0 Å². The smallest absolute Gasteiger partial charge is 0.165 e. The summed E-state index contributed by atoms with van der Waals surface area (Å²) in [4.78, 5) is 29.5. The van der Waals surface area contributed by atoms with Gasteiger partial charge in [0.2, 0.25) is 0 Å². The van der Waals surface area contributed by atoms with Gasteiger partial charge in [-0.2, -0.15) is 0 Å². The number of aryl methyl sites for hydroxylation is 2. The maximum atomic E-state index is 4.89. The second kappa shape index (κ2) is 8.37. The lowest BCUT2D eigenvalue weighted by Crippen LogP contribution is -2.27. The number of pyridine rings is 1. The third-order valence-electron chi connectivity index (χ3n) is 5.73. The van der Waals surface area contributed by atoms with Gasteiger partial charge in [-0.1, -0.05) is 6.07 Å². The maximum Gasteiger partial charge on any atom is 0.165 e. The number of nitrogens with zero attached hydrogens (tertiary/aromatic N) is 8. The fourth-order valence-electron chi connectivity index (χ4n) is 4.09.